The standard InChI is InChI=1S/C17H22ClN3O2/c1-19-15(22)12-20-7-9-21(10-8-20)16(23)17(5-6-17)13-3-2-4-14(18)11-13/h2-4,11H,5-10,12H2,1H3,(H,19,22). The van der Waals surface area contributed by atoms with E-state index in [0.29, 0.717) is 24.7 Å². The number of carbonyl (C=O) groups is 2. The average molecular weight is 336 g/mol. The molecular formula is C17H22ClN3O2. The topological polar surface area (TPSA) is 52.7 Å². The maximum absolute atomic E-state index is 13.0. The third kappa shape index (κ3) is 3.35. The molecule has 2 fully saturated rings. The molecule has 0 bridgehead atoms. The second-order valence-corrected chi connectivity index (χ2v) is 6.77. The number of benzene rings is 1. The monoisotopic (exact) mass is 335 g/mol. The van der Waals surface area contributed by atoms with Gasteiger partial charge >= 0.3 is 0 Å². The van der Waals surface area contributed by atoms with Gasteiger partial charge in [-0.2, -0.15) is 0 Å². The number of likely N-dealkylation sites (N-methyl/N-ethyl adjacent to an activating group) is 1. The maximum Gasteiger partial charge on any atom is 0.233 e. The Balaban J connectivity index is 1.63. The lowest BCUT2D eigenvalue weighted by Crippen LogP contribution is -2.53. The number of carbonyl (C=O) groups excluding carboxylic acids is 2. The fraction of sp³-hybridized carbons (Fsp3) is 0.529. The van der Waals surface area contributed by atoms with Crippen molar-refractivity contribution in [2.24, 2.45) is 0 Å². The quantitative estimate of drug-likeness (QED) is 0.901. The molecule has 1 saturated heterocycles. The minimum Gasteiger partial charge on any atom is -0.358 e. The molecule has 1 aliphatic carbocycles. The van der Waals surface area contributed by atoms with Gasteiger partial charge in [0.1, 0.15) is 0 Å². The van der Waals surface area contributed by atoms with Gasteiger partial charge in [0.05, 0.1) is 12.0 Å². The molecule has 0 spiro atoms. The Morgan fingerprint density at radius 1 is 1.22 bits per heavy atom. The highest BCUT2D eigenvalue weighted by Crippen LogP contribution is 2.50. The smallest absolute Gasteiger partial charge is 0.233 e. The third-order valence-electron chi connectivity index (χ3n) is 4.84. The Morgan fingerprint density at radius 2 is 1.91 bits per heavy atom. The average Bonchev–Trinajstić information content (AvgIpc) is 3.36. The molecule has 5 nitrogen and oxygen atoms in total. The largest absolute Gasteiger partial charge is 0.358 e. The van der Waals surface area contributed by atoms with Gasteiger partial charge in [-0.05, 0) is 30.5 Å². The minimum atomic E-state index is -0.367. The zero-order valence-electron chi connectivity index (χ0n) is 13.3. The van der Waals surface area contributed by atoms with Crippen molar-refractivity contribution in [2.75, 3.05) is 39.8 Å². The summed E-state index contributed by atoms with van der Waals surface area (Å²) in [6.07, 6.45) is 1.79. The lowest BCUT2D eigenvalue weighted by atomic mass is 9.94. The number of nitrogens with zero attached hydrogens (tertiary/aromatic N) is 2. The molecule has 23 heavy (non-hydrogen) atoms. The summed E-state index contributed by atoms with van der Waals surface area (Å²) in [5.41, 5.74) is 0.663. The number of halogens is 1. The highest BCUT2D eigenvalue weighted by molar-refractivity contribution is 6.30. The fourth-order valence-corrected chi connectivity index (χ4v) is 3.42. The molecule has 1 aliphatic heterocycles. The number of hydrogen-bond acceptors (Lipinski definition) is 3. The van der Waals surface area contributed by atoms with Crippen LogP contribution in [0.5, 0.6) is 0 Å². The Hall–Kier alpha value is -1.59. The summed E-state index contributed by atoms with van der Waals surface area (Å²) < 4.78 is 0. The van der Waals surface area contributed by atoms with Gasteiger partial charge in [-0.1, -0.05) is 23.7 Å². The van der Waals surface area contributed by atoms with Crippen LogP contribution in [0.1, 0.15) is 18.4 Å². The van der Waals surface area contributed by atoms with E-state index in [2.05, 4.69) is 10.2 Å². The van der Waals surface area contributed by atoms with Gasteiger partial charge in [0.25, 0.3) is 0 Å². The molecule has 0 unspecified atom stereocenters. The zero-order chi connectivity index (χ0) is 16.4. The van der Waals surface area contributed by atoms with E-state index >= 15 is 0 Å². The van der Waals surface area contributed by atoms with Crippen LogP contribution in [0.15, 0.2) is 24.3 Å². The molecule has 1 saturated carbocycles. The summed E-state index contributed by atoms with van der Waals surface area (Å²) in [6, 6.07) is 7.66. The second kappa shape index (κ2) is 6.49. The summed E-state index contributed by atoms with van der Waals surface area (Å²) in [6.45, 7) is 3.24. The van der Waals surface area contributed by atoms with E-state index in [4.69, 9.17) is 11.6 Å². The van der Waals surface area contributed by atoms with E-state index in [1.54, 1.807) is 7.05 Å². The number of nitrogens with one attached hydrogen (secondary N) is 1. The van der Waals surface area contributed by atoms with E-state index in [1.165, 1.54) is 0 Å². The summed E-state index contributed by atoms with van der Waals surface area (Å²) in [4.78, 5) is 28.4. The molecule has 2 amide bonds. The molecule has 0 radical (unpaired) electrons. The highest BCUT2D eigenvalue weighted by atomic mass is 35.5. The van der Waals surface area contributed by atoms with Crippen LogP contribution in [0.4, 0.5) is 0 Å². The molecule has 1 N–H and O–H groups in total. The predicted octanol–water partition coefficient (Wildman–Crippen LogP) is 1.26. The van der Waals surface area contributed by atoms with E-state index in [1.807, 2.05) is 29.2 Å². The van der Waals surface area contributed by atoms with E-state index in [-0.39, 0.29) is 17.2 Å². The van der Waals surface area contributed by atoms with Gasteiger partial charge in [0, 0.05) is 38.2 Å². The van der Waals surface area contributed by atoms with Crippen molar-refractivity contribution in [3.05, 3.63) is 34.9 Å². The van der Waals surface area contributed by atoms with Crippen molar-refractivity contribution < 1.29 is 9.59 Å². The number of rotatable bonds is 4. The molecule has 124 valence electrons. The van der Waals surface area contributed by atoms with Crippen LogP contribution >= 0.6 is 11.6 Å². The Labute approximate surface area is 141 Å². The van der Waals surface area contributed by atoms with E-state index in [0.717, 1.165) is 31.5 Å². The van der Waals surface area contributed by atoms with Gasteiger partial charge in [0.2, 0.25) is 11.8 Å². The van der Waals surface area contributed by atoms with Gasteiger partial charge in [0.15, 0.2) is 0 Å². The lowest BCUT2D eigenvalue weighted by molar-refractivity contribution is -0.136. The van der Waals surface area contributed by atoms with Crippen molar-refractivity contribution >= 4 is 23.4 Å². The van der Waals surface area contributed by atoms with Crippen LogP contribution in [0.3, 0.4) is 0 Å². The van der Waals surface area contributed by atoms with Crippen molar-refractivity contribution in [1.29, 1.82) is 0 Å². The van der Waals surface area contributed by atoms with Crippen LogP contribution in [-0.2, 0) is 15.0 Å². The highest BCUT2D eigenvalue weighted by Gasteiger charge is 2.53. The molecule has 6 heteroatoms. The molecule has 2 aliphatic rings. The normalized spacial score (nSPS) is 20.2. The van der Waals surface area contributed by atoms with Crippen LogP contribution in [0.25, 0.3) is 0 Å². The van der Waals surface area contributed by atoms with Gasteiger partial charge in [-0.3, -0.25) is 14.5 Å². The zero-order valence-corrected chi connectivity index (χ0v) is 14.1. The first-order chi connectivity index (χ1) is 11.0. The number of amides is 2. The van der Waals surface area contributed by atoms with Crippen LogP contribution in [0, 0.1) is 0 Å². The first kappa shape index (κ1) is 16.3. The van der Waals surface area contributed by atoms with Gasteiger partial charge in [-0.25, -0.2) is 0 Å². The van der Waals surface area contributed by atoms with Crippen molar-refractivity contribution in [3.8, 4) is 0 Å². The molecule has 1 heterocycles. The molecule has 0 aromatic heterocycles. The first-order valence-corrected chi connectivity index (χ1v) is 8.41. The molecule has 3 rings (SSSR count). The third-order valence-corrected chi connectivity index (χ3v) is 5.08. The van der Waals surface area contributed by atoms with Crippen LogP contribution in [-0.4, -0.2) is 61.4 Å². The minimum absolute atomic E-state index is 0.0161. The number of piperazine rings is 1. The summed E-state index contributed by atoms with van der Waals surface area (Å²) in [5.74, 6) is 0.224. The number of hydrogen-bond donors (Lipinski definition) is 1. The molecule has 1 aromatic carbocycles. The Kier molecular flexibility index (Phi) is 4.60. The van der Waals surface area contributed by atoms with Crippen molar-refractivity contribution in [2.45, 2.75) is 18.3 Å². The van der Waals surface area contributed by atoms with E-state index < -0.39 is 0 Å². The summed E-state index contributed by atoms with van der Waals surface area (Å²) in [5, 5.41) is 3.31. The summed E-state index contributed by atoms with van der Waals surface area (Å²) >= 11 is 6.08. The van der Waals surface area contributed by atoms with Gasteiger partial charge < -0.3 is 10.2 Å². The van der Waals surface area contributed by atoms with Crippen molar-refractivity contribution in [3.63, 3.8) is 0 Å². The van der Waals surface area contributed by atoms with Crippen LogP contribution in [0.2, 0.25) is 5.02 Å². The van der Waals surface area contributed by atoms with Gasteiger partial charge in [-0.15, -0.1) is 0 Å². The van der Waals surface area contributed by atoms with Crippen molar-refractivity contribution in [1.82, 2.24) is 15.1 Å². The summed E-state index contributed by atoms with van der Waals surface area (Å²) in [7, 11) is 1.64. The Bertz CT molecular complexity index is 608. The second-order valence-electron chi connectivity index (χ2n) is 6.33. The molecular weight excluding hydrogens is 314 g/mol. The van der Waals surface area contributed by atoms with E-state index in [9.17, 15) is 9.59 Å². The van der Waals surface area contributed by atoms with Crippen LogP contribution < -0.4 is 5.32 Å². The first-order valence-electron chi connectivity index (χ1n) is 8.03. The maximum atomic E-state index is 13.0. The Morgan fingerprint density at radius 3 is 2.48 bits per heavy atom. The lowest BCUT2D eigenvalue weighted by Gasteiger charge is -2.36. The SMILES string of the molecule is CNC(=O)CN1CCN(C(=O)C2(c3cccc(Cl)c3)CC2)CC1. The predicted molar refractivity (Wildman–Crippen MR) is 89.5 cm³/mol. The molecule has 1 aromatic rings. The molecule has 0 atom stereocenters. The fourth-order valence-electron chi connectivity index (χ4n) is 3.23.